The summed E-state index contributed by atoms with van der Waals surface area (Å²) in [6.45, 7) is 4.11. The zero-order valence-corrected chi connectivity index (χ0v) is 16.9. The quantitative estimate of drug-likeness (QED) is 0.661. The molecule has 2 aromatic rings. The van der Waals surface area contributed by atoms with E-state index in [9.17, 15) is 10.2 Å². The first-order chi connectivity index (χ1) is 13.0. The lowest BCUT2D eigenvalue weighted by Crippen LogP contribution is -2.34. The summed E-state index contributed by atoms with van der Waals surface area (Å²) in [6, 6.07) is 16.9. The molecular formula is C25H34O2. The highest BCUT2D eigenvalue weighted by atomic mass is 16.3. The van der Waals surface area contributed by atoms with Gasteiger partial charge in [0.25, 0.3) is 0 Å². The maximum atomic E-state index is 11.1. The van der Waals surface area contributed by atoms with Gasteiger partial charge in [0.1, 0.15) is 0 Å². The summed E-state index contributed by atoms with van der Waals surface area (Å²) < 4.78 is 0. The highest BCUT2D eigenvalue weighted by Crippen LogP contribution is 2.36. The lowest BCUT2D eigenvalue weighted by Gasteiger charge is -2.33. The van der Waals surface area contributed by atoms with Crippen LogP contribution in [0.1, 0.15) is 69.9 Å². The number of rotatable bonds is 7. The largest absolute Gasteiger partial charge is 0.390 e. The van der Waals surface area contributed by atoms with E-state index in [4.69, 9.17) is 0 Å². The highest BCUT2D eigenvalue weighted by Gasteiger charge is 2.30. The molecule has 146 valence electrons. The van der Waals surface area contributed by atoms with Gasteiger partial charge in [-0.2, -0.15) is 0 Å². The van der Waals surface area contributed by atoms with E-state index in [0.29, 0.717) is 12.8 Å². The van der Waals surface area contributed by atoms with E-state index in [1.807, 2.05) is 0 Å². The third kappa shape index (κ3) is 4.80. The predicted octanol–water partition coefficient (Wildman–Crippen LogP) is 5.68. The van der Waals surface area contributed by atoms with Crippen LogP contribution < -0.4 is 0 Å². The Morgan fingerprint density at radius 3 is 1.93 bits per heavy atom. The van der Waals surface area contributed by atoms with Crippen molar-refractivity contribution in [3.8, 4) is 11.1 Å². The molecule has 0 amide bonds. The fraction of sp³-hybridized carbons (Fsp3) is 0.520. The standard InChI is InChI=1S/C25H34O2/c1-3-24(26,4-2)18-20-12-6-8-14-22(20)23-15-9-7-13-21(23)19-25(27)16-10-5-11-17-25/h6-9,12-15,26-27H,3-5,10-11,16-19H2,1-2H3. The Morgan fingerprint density at radius 2 is 1.33 bits per heavy atom. The molecule has 2 N–H and O–H groups in total. The van der Waals surface area contributed by atoms with Gasteiger partial charge in [0.15, 0.2) is 0 Å². The molecule has 0 radical (unpaired) electrons. The fourth-order valence-electron chi connectivity index (χ4n) is 4.47. The van der Waals surface area contributed by atoms with Gasteiger partial charge in [0.05, 0.1) is 11.2 Å². The average molecular weight is 367 g/mol. The molecule has 1 aliphatic rings. The van der Waals surface area contributed by atoms with Gasteiger partial charge < -0.3 is 10.2 Å². The van der Waals surface area contributed by atoms with Gasteiger partial charge in [0.2, 0.25) is 0 Å². The van der Waals surface area contributed by atoms with E-state index in [0.717, 1.165) is 38.5 Å². The van der Waals surface area contributed by atoms with Crippen LogP contribution in [-0.2, 0) is 12.8 Å². The number of aliphatic hydroxyl groups is 2. The molecule has 0 heterocycles. The molecule has 0 unspecified atom stereocenters. The van der Waals surface area contributed by atoms with Crippen LogP contribution in [0.5, 0.6) is 0 Å². The molecule has 27 heavy (non-hydrogen) atoms. The Morgan fingerprint density at radius 1 is 0.815 bits per heavy atom. The molecule has 0 aromatic heterocycles. The fourth-order valence-corrected chi connectivity index (χ4v) is 4.47. The third-order valence-electron chi connectivity index (χ3n) is 6.46. The molecule has 0 bridgehead atoms. The van der Waals surface area contributed by atoms with Gasteiger partial charge >= 0.3 is 0 Å². The van der Waals surface area contributed by atoms with Gasteiger partial charge in [-0.05, 0) is 47.9 Å². The van der Waals surface area contributed by atoms with E-state index in [2.05, 4.69) is 62.4 Å². The van der Waals surface area contributed by atoms with Crippen molar-refractivity contribution < 1.29 is 10.2 Å². The van der Waals surface area contributed by atoms with Gasteiger partial charge in [0, 0.05) is 12.8 Å². The summed E-state index contributed by atoms with van der Waals surface area (Å²) in [5.41, 5.74) is 3.55. The van der Waals surface area contributed by atoms with Crippen LogP contribution in [0.15, 0.2) is 48.5 Å². The molecule has 1 fully saturated rings. The van der Waals surface area contributed by atoms with Crippen LogP contribution in [0, 0.1) is 0 Å². The Bertz CT molecular complexity index is 739. The molecule has 1 saturated carbocycles. The van der Waals surface area contributed by atoms with Crippen LogP contribution in [0.25, 0.3) is 11.1 Å². The molecular weight excluding hydrogens is 332 g/mol. The van der Waals surface area contributed by atoms with Gasteiger partial charge in [-0.15, -0.1) is 0 Å². The van der Waals surface area contributed by atoms with Gasteiger partial charge in [-0.1, -0.05) is 81.6 Å². The van der Waals surface area contributed by atoms with Crippen LogP contribution in [0.4, 0.5) is 0 Å². The molecule has 2 nitrogen and oxygen atoms in total. The number of benzene rings is 2. The third-order valence-corrected chi connectivity index (χ3v) is 6.46. The van der Waals surface area contributed by atoms with Crippen LogP contribution in [-0.4, -0.2) is 21.4 Å². The average Bonchev–Trinajstić information content (AvgIpc) is 2.69. The van der Waals surface area contributed by atoms with Crippen LogP contribution in [0.2, 0.25) is 0 Å². The summed E-state index contributed by atoms with van der Waals surface area (Å²) >= 11 is 0. The summed E-state index contributed by atoms with van der Waals surface area (Å²) in [5, 5.41) is 22.0. The SMILES string of the molecule is CCC(O)(CC)Cc1ccccc1-c1ccccc1CC1(O)CCCCC1. The summed E-state index contributed by atoms with van der Waals surface area (Å²) in [5.74, 6) is 0. The second-order valence-electron chi connectivity index (χ2n) is 8.38. The molecule has 0 atom stereocenters. The topological polar surface area (TPSA) is 40.5 Å². The second kappa shape index (κ2) is 8.58. The van der Waals surface area contributed by atoms with Gasteiger partial charge in [-0.3, -0.25) is 0 Å². The molecule has 2 aromatic carbocycles. The monoisotopic (exact) mass is 366 g/mol. The van der Waals surface area contributed by atoms with Crippen LogP contribution in [0.3, 0.4) is 0 Å². The second-order valence-corrected chi connectivity index (χ2v) is 8.38. The van der Waals surface area contributed by atoms with Crippen molar-refractivity contribution in [2.75, 3.05) is 0 Å². The highest BCUT2D eigenvalue weighted by molar-refractivity contribution is 5.71. The molecule has 3 rings (SSSR count). The van der Waals surface area contributed by atoms with Crippen molar-refractivity contribution in [3.05, 3.63) is 59.7 Å². The maximum absolute atomic E-state index is 11.1. The van der Waals surface area contributed by atoms with Crippen molar-refractivity contribution in [3.63, 3.8) is 0 Å². The van der Waals surface area contributed by atoms with Crippen molar-refractivity contribution in [1.29, 1.82) is 0 Å². The van der Waals surface area contributed by atoms with Crippen molar-refractivity contribution in [2.45, 2.75) is 82.8 Å². The number of hydrogen-bond acceptors (Lipinski definition) is 2. The summed E-state index contributed by atoms with van der Waals surface area (Å²) in [7, 11) is 0. The smallest absolute Gasteiger partial charge is 0.0688 e. The van der Waals surface area contributed by atoms with Gasteiger partial charge in [-0.25, -0.2) is 0 Å². The molecule has 0 aliphatic heterocycles. The minimum Gasteiger partial charge on any atom is -0.390 e. The predicted molar refractivity (Wildman–Crippen MR) is 113 cm³/mol. The Balaban J connectivity index is 1.96. The summed E-state index contributed by atoms with van der Waals surface area (Å²) in [6.07, 6.45) is 8.14. The molecule has 1 aliphatic carbocycles. The Hall–Kier alpha value is -1.64. The molecule has 0 spiro atoms. The van der Waals surface area contributed by atoms with Crippen molar-refractivity contribution >= 4 is 0 Å². The van der Waals surface area contributed by atoms with Crippen molar-refractivity contribution in [2.24, 2.45) is 0 Å². The Kier molecular flexibility index (Phi) is 6.39. The van der Waals surface area contributed by atoms with E-state index >= 15 is 0 Å². The normalized spacial score (nSPS) is 17.0. The lowest BCUT2D eigenvalue weighted by molar-refractivity contribution is 0.00457. The first kappa shape index (κ1) is 20.1. The number of hydrogen-bond donors (Lipinski definition) is 2. The Labute approximate surface area is 164 Å². The molecule has 2 heteroatoms. The minimum atomic E-state index is -0.660. The molecule has 0 saturated heterocycles. The zero-order chi connectivity index (χ0) is 19.3. The van der Waals surface area contributed by atoms with Crippen LogP contribution >= 0.6 is 0 Å². The van der Waals surface area contributed by atoms with E-state index in [-0.39, 0.29) is 0 Å². The summed E-state index contributed by atoms with van der Waals surface area (Å²) in [4.78, 5) is 0. The maximum Gasteiger partial charge on any atom is 0.0688 e. The first-order valence-corrected chi connectivity index (χ1v) is 10.6. The minimum absolute atomic E-state index is 0.573. The first-order valence-electron chi connectivity index (χ1n) is 10.6. The van der Waals surface area contributed by atoms with Crippen molar-refractivity contribution in [1.82, 2.24) is 0 Å². The van der Waals surface area contributed by atoms with E-state index in [1.54, 1.807) is 0 Å². The lowest BCUT2D eigenvalue weighted by atomic mass is 9.78. The van der Waals surface area contributed by atoms with E-state index < -0.39 is 11.2 Å². The zero-order valence-electron chi connectivity index (χ0n) is 16.9. The van der Waals surface area contributed by atoms with E-state index in [1.165, 1.54) is 28.7 Å².